The van der Waals surface area contributed by atoms with Gasteiger partial charge in [-0.1, -0.05) is 0 Å². The van der Waals surface area contributed by atoms with E-state index in [1.54, 1.807) is 13.0 Å². The maximum Gasteiger partial charge on any atom is 0.353 e. The zero-order chi connectivity index (χ0) is 7.72. The standard InChI is InChI=1S/C6H6ClNO2/c1-4-2-3-5(6(9)10)8(4)7/h2-3H,1H3,(H,9,10). The van der Waals surface area contributed by atoms with Crippen LogP contribution >= 0.6 is 11.8 Å². The number of carboxylic acid groups (broad SMARTS) is 1. The molecule has 0 saturated carbocycles. The molecular weight excluding hydrogens is 154 g/mol. The van der Waals surface area contributed by atoms with E-state index in [0.717, 1.165) is 9.78 Å². The summed E-state index contributed by atoms with van der Waals surface area (Å²) in [6.45, 7) is 1.74. The molecule has 0 atom stereocenters. The van der Waals surface area contributed by atoms with Gasteiger partial charge in [0.05, 0.1) is 0 Å². The summed E-state index contributed by atoms with van der Waals surface area (Å²) in [4.78, 5) is 10.3. The average Bonchev–Trinajstić information content (AvgIpc) is 2.14. The van der Waals surface area contributed by atoms with Crippen molar-refractivity contribution in [2.24, 2.45) is 0 Å². The molecule has 0 fully saturated rings. The summed E-state index contributed by atoms with van der Waals surface area (Å²) in [7, 11) is 0. The van der Waals surface area contributed by atoms with Crippen LogP contribution < -0.4 is 0 Å². The number of aromatic nitrogens is 1. The Bertz CT molecular complexity index is 267. The van der Waals surface area contributed by atoms with Crippen molar-refractivity contribution >= 4 is 17.7 Å². The van der Waals surface area contributed by atoms with E-state index < -0.39 is 5.97 Å². The van der Waals surface area contributed by atoms with E-state index in [0.29, 0.717) is 0 Å². The van der Waals surface area contributed by atoms with Gasteiger partial charge in [-0.05, 0) is 19.1 Å². The van der Waals surface area contributed by atoms with Crippen molar-refractivity contribution in [3.05, 3.63) is 23.5 Å². The van der Waals surface area contributed by atoms with E-state index in [-0.39, 0.29) is 5.69 Å². The normalized spacial score (nSPS) is 9.80. The molecule has 0 radical (unpaired) electrons. The maximum absolute atomic E-state index is 10.3. The van der Waals surface area contributed by atoms with Crippen LogP contribution in [0.15, 0.2) is 12.1 Å². The quantitative estimate of drug-likeness (QED) is 0.675. The Balaban J connectivity index is 3.17. The van der Waals surface area contributed by atoms with Gasteiger partial charge in [0.2, 0.25) is 0 Å². The summed E-state index contributed by atoms with van der Waals surface area (Å²) in [5.41, 5.74) is 0.818. The van der Waals surface area contributed by atoms with Crippen molar-refractivity contribution in [1.29, 1.82) is 0 Å². The highest BCUT2D eigenvalue weighted by molar-refractivity contribution is 6.18. The number of carbonyl (C=O) groups is 1. The van der Waals surface area contributed by atoms with Crippen LogP contribution in [0.5, 0.6) is 0 Å². The highest BCUT2D eigenvalue weighted by Gasteiger charge is 2.08. The average molecular weight is 160 g/mol. The zero-order valence-corrected chi connectivity index (χ0v) is 6.09. The highest BCUT2D eigenvalue weighted by atomic mass is 35.5. The first kappa shape index (κ1) is 7.15. The summed E-state index contributed by atoms with van der Waals surface area (Å²) >= 11 is 5.54. The molecule has 1 N–H and O–H groups in total. The number of rotatable bonds is 1. The first-order chi connectivity index (χ1) is 4.63. The van der Waals surface area contributed by atoms with Crippen molar-refractivity contribution in [2.75, 3.05) is 0 Å². The van der Waals surface area contributed by atoms with Crippen LogP contribution in [0.25, 0.3) is 0 Å². The molecule has 54 valence electrons. The third-order valence-corrected chi connectivity index (χ3v) is 1.67. The minimum Gasteiger partial charge on any atom is -0.477 e. The second kappa shape index (κ2) is 2.34. The summed E-state index contributed by atoms with van der Waals surface area (Å²) in [6.07, 6.45) is 0. The van der Waals surface area contributed by atoms with Crippen LogP contribution in [0.3, 0.4) is 0 Å². The van der Waals surface area contributed by atoms with Gasteiger partial charge < -0.3 is 5.11 Å². The number of aromatic carboxylic acids is 1. The zero-order valence-electron chi connectivity index (χ0n) is 5.34. The van der Waals surface area contributed by atoms with Gasteiger partial charge in [0.15, 0.2) is 0 Å². The lowest BCUT2D eigenvalue weighted by Gasteiger charge is -1.94. The van der Waals surface area contributed by atoms with E-state index in [9.17, 15) is 4.79 Å². The molecule has 0 spiro atoms. The molecule has 0 bridgehead atoms. The number of hydrogen-bond donors (Lipinski definition) is 1. The molecule has 0 saturated heterocycles. The number of hydrogen-bond acceptors (Lipinski definition) is 1. The first-order valence-corrected chi connectivity index (χ1v) is 3.04. The van der Waals surface area contributed by atoms with Crippen molar-refractivity contribution < 1.29 is 9.90 Å². The molecule has 1 heterocycles. The molecule has 1 aromatic rings. The molecule has 0 aromatic carbocycles. The van der Waals surface area contributed by atoms with E-state index >= 15 is 0 Å². The Labute approximate surface area is 63.0 Å². The molecule has 4 heteroatoms. The molecule has 0 amide bonds. The van der Waals surface area contributed by atoms with Crippen molar-refractivity contribution in [1.82, 2.24) is 4.09 Å². The van der Waals surface area contributed by atoms with Crippen LogP contribution in [-0.4, -0.2) is 15.2 Å². The number of carboxylic acids is 1. The lowest BCUT2D eigenvalue weighted by atomic mass is 10.4. The first-order valence-electron chi connectivity index (χ1n) is 2.70. The van der Waals surface area contributed by atoms with Gasteiger partial charge in [0.1, 0.15) is 5.69 Å². The van der Waals surface area contributed by atoms with E-state index in [4.69, 9.17) is 16.9 Å². The molecule has 0 aliphatic carbocycles. The van der Waals surface area contributed by atoms with Crippen LogP contribution in [0.4, 0.5) is 0 Å². The lowest BCUT2D eigenvalue weighted by molar-refractivity contribution is 0.0689. The summed E-state index contributed by atoms with van der Waals surface area (Å²) in [5.74, 6) is -1.01. The second-order valence-corrected chi connectivity index (χ2v) is 2.28. The summed E-state index contributed by atoms with van der Waals surface area (Å²) in [5, 5.41) is 8.47. The maximum atomic E-state index is 10.3. The third-order valence-electron chi connectivity index (χ3n) is 1.22. The van der Waals surface area contributed by atoms with E-state index in [2.05, 4.69) is 0 Å². The molecule has 0 aliphatic heterocycles. The monoisotopic (exact) mass is 159 g/mol. The van der Waals surface area contributed by atoms with Gasteiger partial charge >= 0.3 is 5.97 Å². The van der Waals surface area contributed by atoms with Crippen molar-refractivity contribution in [2.45, 2.75) is 6.92 Å². The van der Waals surface area contributed by atoms with Crippen LogP contribution in [0.1, 0.15) is 16.2 Å². The van der Waals surface area contributed by atoms with E-state index in [1.165, 1.54) is 6.07 Å². The number of nitrogens with zero attached hydrogens (tertiary/aromatic N) is 1. The molecule has 0 unspecified atom stereocenters. The molecule has 0 aliphatic rings. The Hall–Kier alpha value is -0.960. The molecule has 1 rings (SSSR count). The van der Waals surface area contributed by atoms with Gasteiger partial charge in [0.25, 0.3) is 0 Å². The second-order valence-electron chi connectivity index (χ2n) is 1.95. The fourth-order valence-electron chi connectivity index (χ4n) is 0.676. The van der Waals surface area contributed by atoms with Gasteiger partial charge in [-0.2, -0.15) is 0 Å². The third kappa shape index (κ3) is 0.998. The topological polar surface area (TPSA) is 42.2 Å². The number of halogens is 1. The minimum atomic E-state index is -1.01. The van der Waals surface area contributed by atoms with Gasteiger partial charge in [0, 0.05) is 17.5 Å². The lowest BCUT2D eigenvalue weighted by Crippen LogP contribution is -2.00. The van der Waals surface area contributed by atoms with Gasteiger partial charge in [-0.3, -0.25) is 4.09 Å². The molecule has 3 nitrogen and oxygen atoms in total. The summed E-state index contributed by atoms with van der Waals surface area (Å²) in [6, 6.07) is 3.11. The SMILES string of the molecule is Cc1ccc(C(=O)O)n1Cl. The largest absolute Gasteiger partial charge is 0.477 e. The molecule has 1 aromatic heterocycles. The van der Waals surface area contributed by atoms with E-state index in [1.807, 2.05) is 0 Å². The molecular formula is C6H6ClNO2. The Morgan fingerprint density at radius 3 is 2.50 bits per heavy atom. The predicted molar refractivity (Wildman–Crippen MR) is 37.4 cm³/mol. The van der Waals surface area contributed by atoms with Crippen LogP contribution in [0.2, 0.25) is 0 Å². The Morgan fingerprint density at radius 1 is 1.70 bits per heavy atom. The number of aryl methyl sites for hydroxylation is 1. The van der Waals surface area contributed by atoms with Crippen LogP contribution in [0, 0.1) is 6.92 Å². The summed E-state index contributed by atoms with van der Waals surface area (Å²) < 4.78 is 1.11. The van der Waals surface area contributed by atoms with Gasteiger partial charge in [-0.15, -0.1) is 0 Å². The van der Waals surface area contributed by atoms with Crippen molar-refractivity contribution in [3.63, 3.8) is 0 Å². The van der Waals surface area contributed by atoms with Crippen LogP contribution in [-0.2, 0) is 0 Å². The fourth-order valence-corrected chi connectivity index (χ4v) is 0.861. The molecule has 10 heavy (non-hydrogen) atoms. The Morgan fingerprint density at radius 2 is 2.30 bits per heavy atom. The highest BCUT2D eigenvalue weighted by Crippen LogP contribution is 2.09. The van der Waals surface area contributed by atoms with Crippen molar-refractivity contribution in [3.8, 4) is 0 Å². The van der Waals surface area contributed by atoms with Gasteiger partial charge in [-0.25, -0.2) is 4.79 Å². The predicted octanol–water partition coefficient (Wildman–Crippen LogP) is 1.50. The smallest absolute Gasteiger partial charge is 0.353 e. The Kier molecular flexibility index (Phi) is 1.68. The minimum absolute atomic E-state index is 0.0965. The fraction of sp³-hybridized carbons (Fsp3) is 0.167.